The highest BCUT2D eigenvalue weighted by Crippen LogP contribution is 2.20. The van der Waals surface area contributed by atoms with E-state index in [2.05, 4.69) is 63.2 Å². The smallest absolute Gasteiger partial charge is 0.144 e. The first kappa shape index (κ1) is 8.93. The molecule has 0 saturated carbocycles. The Morgan fingerprint density at radius 2 is 2.15 bits per heavy atom. The van der Waals surface area contributed by atoms with Crippen LogP contribution >= 0.6 is 22.6 Å². The van der Waals surface area contributed by atoms with Gasteiger partial charge in [0.25, 0.3) is 0 Å². The molecule has 0 aliphatic rings. The lowest BCUT2D eigenvalue weighted by Gasteiger charge is -2.07. The summed E-state index contributed by atoms with van der Waals surface area (Å²) >= 11 is 2.23. The quantitative estimate of drug-likeness (QED) is 0.596. The molecule has 0 unspecified atom stereocenters. The second kappa shape index (κ2) is 3.25. The molecular formula is C9H10IN3. The number of halogens is 1. The lowest BCUT2D eigenvalue weighted by Crippen LogP contribution is -2.00. The largest absolute Gasteiger partial charge is 0.330 e. The maximum atomic E-state index is 4.27. The third-order valence-electron chi connectivity index (χ3n) is 2.02. The van der Waals surface area contributed by atoms with Crippen molar-refractivity contribution in [3.63, 3.8) is 0 Å². The van der Waals surface area contributed by atoms with Crippen LogP contribution in [0.3, 0.4) is 0 Å². The highest BCUT2D eigenvalue weighted by atomic mass is 127. The zero-order valence-electron chi connectivity index (χ0n) is 7.53. The van der Waals surface area contributed by atoms with Crippen LogP contribution in [0.1, 0.15) is 19.9 Å². The van der Waals surface area contributed by atoms with Gasteiger partial charge in [-0.1, -0.05) is 0 Å². The van der Waals surface area contributed by atoms with Crippen LogP contribution in [0, 0.1) is 3.70 Å². The van der Waals surface area contributed by atoms with E-state index in [1.54, 1.807) is 6.33 Å². The van der Waals surface area contributed by atoms with Gasteiger partial charge in [-0.05, 0) is 42.5 Å². The molecule has 0 bridgehead atoms. The summed E-state index contributed by atoms with van der Waals surface area (Å²) in [7, 11) is 0. The van der Waals surface area contributed by atoms with Gasteiger partial charge in [0, 0.05) is 12.2 Å². The summed E-state index contributed by atoms with van der Waals surface area (Å²) in [4.78, 5) is 8.41. The summed E-state index contributed by atoms with van der Waals surface area (Å²) < 4.78 is 3.17. The van der Waals surface area contributed by atoms with Crippen LogP contribution in [-0.4, -0.2) is 14.5 Å². The Morgan fingerprint density at radius 3 is 2.85 bits per heavy atom. The first-order valence-corrected chi connectivity index (χ1v) is 5.25. The highest BCUT2D eigenvalue weighted by molar-refractivity contribution is 14.1. The number of rotatable bonds is 1. The first-order valence-electron chi connectivity index (χ1n) is 4.17. The topological polar surface area (TPSA) is 30.7 Å². The van der Waals surface area contributed by atoms with Gasteiger partial charge in [-0.25, -0.2) is 9.97 Å². The average Bonchev–Trinajstić information content (AvgIpc) is 2.48. The van der Waals surface area contributed by atoms with Crippen LogP contribution in [-0.2, 0) is 0 Å². The van der Waals surface area contributed by atoms with Gasteiger partial charge in [0.05, 0.1) is 5.39 Å². The number of aromatic nitrogens is 3. The molecule has 2 aromatic rings. The maximum absolute atomic E-state index is 4.27. The van der Waals surface area contributed by atoms with Crippen molar-refractivity contribution in [3.8, 4) is 0 Å². The van der Waals surface area contributed by atoms with E-state index in [4.69, 9.17) is 0 Å². The molecule has 13 heavy (non-hydrogen) atoms. The molecule has 0 aliphatic carbocycles. The van der Waals surface area contributed by atoms with Crippen LogP contribution in [0.4, 0.5) is 0 Å². The van der Waals surface area contributed by atoms with E-state index in [1.807, 2.05) is 0 Å². The Labute approximate surface area is 90.3 Å². The van der Waals surface area contributed by atoms with Crippen molar-refractivity contribution >= 4 is 33.6 Å². The normalized spacial score (nSPS) is 11.4. The predicted octanol–water partition coefficient (Wildman–Crippen LogP) is 2.62. The van der Waals surface area contributed by atoms with Gasteiger partial charge >= 0.3 is 0 Å². The number of nitrogens with zero attached hydrogens (tertiary/aromatic N) is 3. The summed E-state index contributed by atoms with van der Waals surface area (Å²) in [6.07, 6.45) is 3.68. The maximum Gasteiger partial charge on any atom is 0.144 e. The Hall–Kier alpha value is -0.650. The Bertz CT molecular complexity index is 433. The first-order chi connectivity index (χ1) is 6.20. The molecule has 0 fully saturated rings. The summed E-state index contributed by atoms with van der Waals surface area (Å²) in [6.45, 7) is 4.29. The van der Waals surface area contributed by atoms with E-state index in [9.17, 15) is 0 Å². The molecule has 0 radical (unpaired) electrons. The van der Waals surface area contributed by atoms with E-state index in [0.717, 1.165) is 14.7 Å². The number of hydrogen-bond acceptors (Lipinski definition) is 2. The zero-order valence-corrected chi connectivity index (χ0v) is 9.69. The zero-order chi connectivity index (χ0) is 9.42. The van der Waals surface area contributed by atoms with E-state index < -0.39 is 0 Å². The fraction of sp³-hybridized carbons (Fsp3) is 0.333. The van der Waals surface area contributed by atoms with Crippen molar-refractivity contribution in [2.45, 2.75) is 19.9 Å². The Balaban J connectivity index is 2.75. The van der Waals surface area contributed by atoms with E-state index in [-0.39, 0.29) is 0 Å². The van der Waals surface area contributed by atoms with Gasteiger partial charge in [0.2, 0.25) is 0 Å². The number of fused-ring (bicyclic) bond motifs is 1. The van der Waals surface area contributed by atoms with Crippen LogP contribution in [0.25, 0.3) is 11.0 Å². The van der Waals surface area contributed by atoms with Crippen LogP contribution in [0.2, 0.25) is 0 Å². The molecule has 2 rings (SSSR count). The Kier molecular flexibility index (Phi) is 2.23. The predicted molar refractivity (Wildman–Crippen MR) is 60.6 cm³/mol. The second-order valence-corrected chi connectivity index (χ2v) is 4.24. The summed E-state index contributed by atoms with van der Waals surface area (Å²) in [5.74, 6) is 0. The molecule has 4 heteroatoms. The van der Waals surface area contributed by atoms with Crippen molar-refractivity contribution in [1.29, 1.82) is 0 Å². The van der Waals surface area contributed by atoms with Gasteiger partial charge in [0.15, 0.2) is 0 Å². The summed E-state index contributed by atoms with van der Waals surface area (Å²) in [5, 5.41) is 1.14. The average molecular weight is 287 g/mol. The van der Waals surface area contributed by atoms with Crippen LogP contribution in [0.5, 0.6) is 0 Å². The minimum atomic E-state index is 0.447. The molecule has 0 N–H and O–H groups in total. The van der Waals surface area contributed by atoms with E-state index in [0.29, 0.717) is 6.04 Å². The van der Waals surface area contributed by atoms with E-state index in [1.165, 1.54) is 0 Å². The molecule has 0 saturated heterocycles. The molecule has 0 spiro atoms. The van der Waals surface area contributed by atoms with Crippen molar-refractivity contribution in [2.75, 3.05) is 0 Å². The number of hydrogen-bond donors (Lipinski definition) is 0. The molecule has 0 aliphatic heterocycles. The Morgan fingerprint density at radius 1 is 1.38 bits per heavy atom. The van der Waals surface area contributed by atoms with Crippen molar-refractivity contribution in [2.24, 2.45) is 0 Å². The van der Waals surface area contributed by atoms with Crippen molar-refractivity contribution in [1.82, 2.24) is 14.5 Å². The van der Waals surface area contributed by atoms with Gasteiger partial charge in [-0.15, -0.1) is 0 Å². The van der Waals surface area contributed by atoms with Gasteiger partial charge in [-0.3, -0.25) is 0 Å². The molecule has 2 heterocycles. The van der Waals surface area contributed by atoms with Gasteiger partial charge in [-0.2, -0.15) is 0 Å². The van der Waals surface area contributed by atoms with Crippen LogP contribution < -0.4 is 0 Å². The lowest BCUT2D eigenvalue weighted by atomic mass is 10.4. The monoisotopic (exact) mass is 287 g/mol. The minimum Gasteiger partial charge on any atom is -0.330 e. The standard InChI is InChI=1S/C9H10IN3/c1-6(2)13-4-3-7-8(10)11-5-12-9(7)13/h3-6H,1-2H3. The molecule has 68 valence electrons. The molecule has 2 aromatic heterocycles. The lowest BCUT2D eigenvalue weighted by molar-refractivity contribution is 0.617. The molecule has 0 aromatic carbocycles. The van der Waals surface area contributed by atoms with Crippen molar-refractivity contribution < 1.29 is 0 Å². The van der Waals surface area contributed by atoms with Crippen LogP contribution in [0.15, 0.2) is 18.6 Å². The third-order valence-corrected chi connectivity index (χ3v) is 2.88. The SMILES string of the molecule is CC(C)n1ccc2c(I)ncnc21. The molecule has 0 amide bonds. The molecule has 0 atom stereocenters. The summed E-state index contributed by atoms with van der Waals surface area (Å²) in [5.41, 5.74) is 1.02. The molecule has 3 nitrogen and oxygen atoms in total. The van der Waals surface area contributed by atoms with E-state index >= 15 is 0 Å². The third kappa shape index (κ3) is 1.43. The minimum absolute atomic E-state index is 0.447. The van der Waals surface area contributed by atoms with Crippen molar-refractivity contribution in [3.05, 3.63) is 22.3 Å². The van der Waals surface area contributed by atoms with Gasteiger partial charge in [0.1, 0.15) is 15.7 Å². The fourth-order valence-corrected chi connectivity index (χ4v) is 1.90. The second-order valence-electron chi connectivity index (χ2n) is 3.22. The fourth-order valence-electron chi connectivity index (χ4n) is 1.36. The highest BCUT2D eigenvalue weighted by Gasteiger charge is 2.07. The summed E-state index contributed by atoms with van der Waals surface area (Å²) in [6, 6.07) is 2.51. The molecular weight excluding hydrogens is 277 g/mol. The van der Waals surface area contributed by atoms with Gasteiger partial charge < -0.3 is 4.57 Å².